The molecule has 116 valence electrons. The SMILES string of the molecule is Clc1cccc(C[NH+]2CC[NH+](Cc3ccccc3Cl)CC2)c1. The van der Waals surface area contributed by atoms with Crippen molar-refractivity contribution in [2.75, 3.05) is 26.2 Å². The van der Waals surface area contributed by atoms with Gasteiger partial charge in [0.15, 0.2) is 0 Å². The molecule has 0 bridgehead atoms. The van der Waals surface area contributed by atoms with Gasteiger partial charge in [0.25, 0.3) is 0 Å². The molecule has 3 rings (SSSR count). The summed E-state index contributed by atoms with van der Waals surface area (Å²) in [6.45, 7) is 6.89. The molecule has 2 nitrogen and oxygen atoms in total. The zero-order valence-electron chi connectivity index (χ0n) is 12.6. The van der Waals surface area contributed by atoms with Crippen LogP contribution >= 0.6 is 23.2 Å². The quantitative estimate of drug-likeness (QED) is 0.836. The molecule has 1 heterocycles. The summed E-state index contributed by atoms with van der Waals surface area (Å²) >= 11 is 12.3. The van der Waals surface area contributed by atoms with Crippen molar-refractivity contribution in [3.8, 4) is 0 Å². The number of benzene rings is 2. The van der Waals surface area contributed by atoms with Crippen LogP contribution in [0.1, 0.15) is 11.1 Å². The van der Waals surface area contributed by atoms with E-state index in [9.17, 15) is 0 Å². The van der Waals surface area contributed by atoms with Gasteiger partial charge in [-0.25, -0.2) is 0 Å². The maximum Gasteiger partial charge on any atom is 0.127 e. The van der Waals surface area contributed by atoms with E-state index in [2.05, 4.69) is 24.3 Å². The largest absolute Gasteiger partial charge is 0.322 e. The fourth-order valence-corrected chi connectivity index (χ4v) is 3.57. The van der Waals surface area contributed by atoms with E-state index in [-0.39, 0.29) is 0 Å². The molecule has 2 aromatic rings. The third kappa shape index (κ3) is 4.23. The van der Waals surface area contributed by atoms with Crippen LogP contribution in [0.25, 0.3) is 0 Å². The van der Waals surface area contributed by atoms with Crippen molar-refractivity contribution in [2.24, 2.45) is 0 Å². The second-order valence-corrected chi connectivity index (χ2v) is 6.92. The molecule has 0 spiro atoms. The minimum atomic E-state index is 0.833. The smallest absolute Gasteiger partial charge is 0.127 e. The van der Waals surface area contributed by atoms with E-state index in [0.29, 0.717) is 0 Å². The van der Waals surface area contributed by atoms with E-state index in [1.165, 1.54) is 37.3 Å². The minimum absolute atomic E-state index is 0.833. The molecule has 0 radical (unpaired) electrons. The lowest BCUT2D eigenvalue weighted by atomic mass is 10.1. The summed E-state index contributed by atoms with van der Waals surface area (Å²) in [5.41, 5.74) is 2.59. The number of hydrogen-bond donors (Lipinski definition) is 2. The van der Waals surface area contributed by atoms with Crippen LogP contribution in [0, 0.1) is 0 Å². The zero-order valence-corrected chi connectivity index (χ0v) is 14.1. The summed E-state index contributed by atoms with van der Waals surface area (Å²) in [6.07, 6.45) is 0. The topological polar surface area (TPSA) is 8.88 Å². The predicted molar refractivity (Wildman–Crippen MR) is 91.7 cm³/mol. The summed E-state index contributed by atoms with van der Waals surface area (Å²) < 4.78 is 0. The molecule has 0 aromatic heterocycles. The standard InChI is InChI=1S/C18H20Cl2N2/c19-17-6-3-4-15(12-17)13-21-8-10-22(11-9-21)14-16-5-1-2-7-18(16)20/h1-7,12H,8-11,13-14H2/p+2. The van der Waals surface area contributed by atoms with Crippen LogP contribution in [0.4, 0.5) is 0 Å². The molecular formula is C18H22Cl2N2+2. The predicted octanol–water partition coefficient (Wildman–Crippen LogP) is 1.48. The highest BCUT2D eigenvalue weighted by atomic mass is 35.5. The molecule has 1 aliphatic rings. The van der Waals surface area contributed by atoms with E-state index in [1.54, 1.807) is 9.80 Å². The first-order valence-corrected chi connectivity index (χ1v) is 8.61. The van der Waals surface area contributed by atoms with E-state index in [1.807, 2.05) is 24.3 Å². The molecular weight excluding hydrogens is 315 g/mol. The molecule has 2 N–H and O–H groups in total. The first kappa shape index (κ1) is 15.8. The number of halogens is 2. The average Bonchev–Trinajstić information content (AvgIpc) is 2.52. The number of nitrogens with one attached hydrogen (secondary N) is 2. The van der Waals surface area contributed by atoms with Crippen molar-refractivity contribution in [1.82, 2.24) is 0 Å². The monoisotopic (exact) mass is 336 g/mol. The normalized spacial score (nSPS) is 21.7. The second kappa shape index (κ2) is 7.47. The molecule has 0 atom stereocenters. The Morgan fingerprint density at radius 1 is 0.773 bits per heavy atom. The van der Waals surface area contributed by atoms with E-state index in [0.717, 1.165) is 23.1 Å². The molecule has 0 amide bonds. The van der Waals surface area contributed by atoms with E-state index < -0.39 is 0 Å². The molecule has 0 aliphatic carbocycles. The van der Waals surface area contributed by atoms with Crippen LogP contribution in [-0.2, 0) is 13.1 Å². The third-order valence-electron chi connectivity index (χ3n) is 4.41. The van der Waals surface area contributed by atoms with Gasteiger partial charge in [-0.3, -0.25) is 0 Å². The van der Waals surface area contributed by atoms with Gasteiger partial charge in [-0.15, -0.1) is 0 Å². The van der Waals surface area contributed by atoms with Gasteiger partial charge in [0, 0.05) is 21.2 Å². The molecule has 4 heteroatoms. The fraction of sp³-hybridized carbons (Fsp3) is 0.333. The van der Waals surface area contributed by atoms with Gasteiger partial charge >= 0.3 is 0 Å². The Morgan fingerprint density at radius 3 is 2.14 bits per heavy atom. The Kier molecular flexibility index (Phi) is 5.37. The molecule has 2 aromatic carbocycles. The van der Waals surface area contributed by atoms with Crippen molar-refractivity contribution < 1.29 is 9.80 Å². The molecule has 0 saturated carbocycles. The van der Waals surface area contributed by atoms with Gasteiger partial charge in [0.05, 0.1) is 0 Å². The van der Waals surface area contributed by atoms with Crippen molar-refractivity contribution >= 4 is 23.2 Å². The Hall–Kier alpha value is -1.06. The summed E-state index contributed by atoms with van der Waals surface area (Å²) in [4.78, 5) is 3.27. The lowest BCUT2D eigenvalue weighted by Crippen LogP contribution is -3.27. The number of rotatable bonds is 4. The summed E-state index contributed by atoms with van der Waals surface area (Å²) in [5.74, 6) is 0. The number of hydrogen-bond acceptors (Lipinski definition) is 0. The lowest BCUT2D eigenvalue weighted by molar-refractivity contribution is -1.02. The molecule has 1 fully saturated rings. The van der Waals surface area contributed by atoms with Gasteiger partial charge in [-0.1, -0.05) is 53.5 Å². The van der Waals surface area contributed by atoms with Crippen LogP contribution < -0.4 is 9.80 Å². The van der Waals surface area contributed by atoms with Crippen LogP contribution in [0.15, 0.2) is 48.5 Å². The minimum Gasteiger partial charge on any atom is -0.322 e. The van der Waals surface area contributed by atoms with Crippen molar-refractivity contribution in [3.05, 3.63) is 69.7 Å². The van der Waals surface area contributed by atoms with Gasteiger partial charge in [0.1, 0.15) is 39.3 Å². The van der Waals surface area contributed by atoms with Gasteiger partial charge in [-0.2, -0.15) is 0 Å². The molecule has 22 heavy (non-hydrogen) atoms. The Labute approximate surface area is 142 Å². The summed E-state index contributed by atoms with van der Waals surface area (Å²) in [6, 6.07) is 16.4. The Morgan fingerprint density at radius 2 is 1.45 bits per heavy atom. The van der Waals surface area contributed by atoms with Crippen molar-refractivity contribution in [3.63, 3.8) is 0 Å². The van der Waals surface area contributed by atoms with Crippen LogP contribution in [0.2, 0.25) is 10.0 Å². The third-order valence-corrected chi connectivity index (χ3v) is 5.01. The van der Waals surface area contributed by atoms with Crippen LogP contribution in [0.3, 0.4) is 0 Å². The first-order chi connectivity index (χ1) is 10.7. The lowest BCUT2D eigenvalue weighted by Gasteiger charge is -2.30. The van der Waals surface area contributed by atoms with E-state index in [4.69, 9.17) is 23.2 Å². The average molecular weight is 337 g/mol. The Balaban J connectivity index is 1.51. The first-order valence-electron chi connectivity index (χ1n) is 7.86. The van der Waals surface area contributed by atoms with Gasteiger partial charge in [0.2, 0.25) is 0 Å². The highest BCUT2D eigenvalue weighted by molar-refractivity contribution is 6.31. The highest BCUT2D eigenvalue weighted by Crippen LogP contribution is 2.13. The molecule has 1 saturated heterocycles. The molecule has 0 unspecified atom stereocenters. The zero-order chi connectivity index (χ0) is 15.4. The molecule has 1 aliphatic heterocycles. The Bertz CT molecular complexity index is 622. The van der Waals surface area contributed by atoms with Gasteiger partial charge < -0.3 is 9.80 Å². The highest BCUT2D eigenvalue weighted by Gasteiger charge is 2.23. The van der Waals surface area contributed by atoms with Crippen LogP contribution in [0.5, 0.6) is 0 Å². The van der Waals surface area contributed by atoms with E-state index >= 15 is 0 Å². The summed E-state index contributed by atoms with van der Waals surface area (Å²) in [7, 11) is 0. The van der Waals surface area contributed by atoms with Crippen molar-refractivity contribution in [1.29, 1.82) is 0 Å². The maximum atomic E-state index is 6.26. The van der Waals surface area contributed by atoms with Crippen LogP contribution in [-0.4, -0.2) is 26.2 Å². The number of piperazine rings is 1. The maximum absolute atomic E-state index is 6.26. The fourth-order valence-electron chi connectivity index (χ4n) is 3.16. The number of quaternary nitrogens is 2. The van der Waals surface area contributed by atoms with Gasteiger partial charge in [-0.05, 0) is 18.2 Å². The van der Waals surface area contributed by atoms with Crippen molar-refractivity contribution in [2.45, 2.75) is 13.1 Å². The second-order valence-electron chi connectivity index (χ2n) is 6.07. The summed E-state index contributed by atoms with van der Waals surface area (Å²) in [5, 5.41) is 1.73.